The molecule has 0 aliphatic heterocycles. The lowest BCUT2D eigenvalue weighted by atomic mass is 10.3. The second-order valence-corrected chi connectivity index (χ2v) is 6.00. The monoisotopic (exact) mass is 370 g/mol. The van der Waals surface area contributed by atoms with Crippen LogP contribution in [0.15, 0.2) is 18.2 Å². The molecule has 0 amide bonds. The maximum atomic E-state index is 9.27. The van der Waals surface area contributed by atoms with Crippen LogP contribution >= 0.6 is 34.8 Å². The van der Waals surface area contributed by atoms with Crippen LogP contribution in [0.1, 0.15) is 11.4 Å². The van der Waals surface area contributed by atoms with E-state index in [9.17, 15) is 5.26 Å². The van der Waals surface area contributed by atoms with Crippen LogP contribution in [0.4, 0.5) is 5.95 Å². The summed E-state index contributed by atoms with van der Waals surface area (Å²) in [7, 11) is 0. The van der Waals surface area contributed by atoms with Crippen molar-refractivity contribution >= 4 is 40.8 Å². The Balaban J connectivity index is 2.06. The Hall–Kier alpha value is -1.74. The van der Waals surface area contributed by atoms with Gasteiger partial charge in [0.25, 0.3) is 0 Å². The van der Waals surface area contributed by atoms with Crippen LogP contribution in [0.3, 0.4) is 0 Å². The zero-order chi connectivity index (χ0) is 17.0. The van der Waals surface area contributed by atoms with E-state index in [0.29, 0.717) is 26.8 Å². The fourth-order valence-corrected chi connectivity index (χ4v) is 2.85. The van der Waals surface area contributed by atoms with E-state index in [0.717, 1.165) is 11.4 Å². The molecular weight excluding hydrogens is 359 g/mol. The zero-order valence-electron chi connectivity index (χ0n) is 12.5. The van der Waals surface area contributed by atoms with Crippen molar-refractivity contribution in [3.05, 3.63) is 44.7 Å². The van der Waals surface area contributed by atoms with E-state index in [1.54, 1.807) is 12.1 Å². The number of hydrogen-bond donors (Lipinski definition) is 0. The summed E-state index contributed by atoms with van der Waals surface area (Å²) in [5.41, 5.74) is 1.58. The van der Waals surface area contributed by atoms with Gasteiger partial charge in [0, 0.05) is 16.4 Å². The number of halogens is 3. The lowest BCUT2D eigenvalue weighted by Gasteiger charge is -2.16. The zero-order valence-corrected chi connectivity index (χ0v) is 14.7. The number of hydrogen-bond acceptors (Lipinski definition) is 5. The van der Waals surface area contributed by atoms with Crippen molar-refractivity contribution < 1.29 is 4.74 Å². The molecule has 1 aromatic carbocycles. The molecule has 5 nitrogen and oxygen atoms in total. The highest BCUT2D eigenvalue weighted by atomic mass is 35.5. The van der Waals surface area contributed by atoms with Gasteiger partial charge in [0.2, 0.25) is 5.95 Å². The second-order valence-electron chi connectivity index (χ2n) is 4.75. The highest BCUT2D eigenvalue weighted by molar-refractivity contribution is 6.40. The number of nitrogens with zero attached hydrogens (tertiary/aromatic N) is 4. The molecule has 0 saturated heterocycles. The smallest absolute Gasteiger partial charge is 0.239 e. The quantitative estimate of drug-likeness (QED) is 0.575. The Kier molecular flexibility index (Phi) is 5.89. The minimum Gasteiger partial charge on any atom is -0.489 e. The first kappa shape index (κ1) is 17.6. The molecule has 0 atom stereocenters. The van der Waals surface area contributed by atoms with Gasteiger partial charge in [0.05, 0.1) is 16.6 Å². The van der Waals surface area contributed by atoms with Crippen LogP contribution in [0, 0.1) is 25.3 Å². The molecule has 0 unspecified atom stereocenters. The van der Waals surface area contributed by atoms with E-state index in [4.69, 9.17) is 39.5 Å². The first-order valence-corrected chi connectivity index (χ1v) is 7.81. The third kappa shape index (κ3) is 4.61. The SMILES string of the molecule is Cc1cc(C)nc(N(C#N)CCOc2c(Cl)cc(Cl)cc2Cl)n1. The van der Waals surface area contributed by atoms with Crippen LogP contribution < -0.4 is 9.64 Å². The third-order valence-corrected chi connectivity index (χ3v) is 3.64. The summed E-state index contributed by atoms with van der Waals surface area (Å²) in [4.78, 5) is 9.83. The van der Waals surface area contributed by atoms with Crippen molar-refractivity contribution in [1.29, 1.82) is 5.26 Å². The average molecular weight is 372 g/mol. The summed E-state index contributed by atoms with van der Waals surface area (Å²) in [6, 6.07) is 4.92. The molecular formula is C15H13Cl3N4O. The summed E-state index contributed by atoms with van der Waals surface area (Å²) in [6.07, 6.45) is 2.04. The first-order chi connectivity index (χ1) is 10.9. The van der Waals surface area contributed by atoms with Gasteiger partial charge in [-0.3, -0.25) is 0 Å². The Bertz CT molecular complexity index is 718. The molecule has 0 aliphatic carbocycles. The summed E-state index contributed by atoms with van der Waals surface area (Å²) in [6.45, 7) is 4.13. The fourth-order valence-electron chi connectivity index (χ4n) is 1.93. The Morgan fingerprint density at radius 3 is 2.17 bits per heavy atom. The van der Waals surface area contributed by atoms with E-state index in [1.165, 1.54) is 4.90 Å². The summed E-state index contributed by atoms with van der Waals surface area (Å²) in [5.74, 6) is 0.666. The maximum Gasteiger partial charge on any atom is 0.239 e. The minimum atomic E-state index is 0.185. The van der Waals surface area contributed by atoms with Crippen LogP contribution in [0.5, 0.6) is 5.75 Å². The van der Waals surface area contributed by atoms with Crippen molar-refractivity contribution in [1.82, 2.24) is 9.97 Å². The van der Waals surface area contributed by atoms with Crippen LogP contribution in [-0.2, 0) is 0 Å². The number of benzene rings is 1. The summed E-state index contributed by atoms with van der Waals surface area (Å²) in [5, 5.41) is 10.3. The molecule has 0 fully saturated rings. The van der Waals surface area contributed by atoms with Crippen LogP contribution in [0.2, 0.25) is 15.1 Å². The lowest BCUT2D eigenvalue weighted by molar-refractivity contribution is 0.327. The predicted molar refractivity (Wildman–Crippen MR) is 91.4 cm³/mol. The Morgan fingerprint density at radius 1 is 1.09 bits per heavy atom. The number of aryl methyl sites for hydroxylation is 2. The lowest BCUT2D eigenvalue weighted by Crippen LogP contribution is -2.25. The van der Waals surface area contributed by atoms with Gasteiger partial charge in [-0.15, -0.1) is 0 Å². The highest BCUT2D eigenvalue weighted by Gasteiger charge is 2.13. The van der Waals surface area contributed by atoms with Crippen molar-refractivity contribution in [3.8, 4) is 11.9 Å². The standard InChI is InChI=1S/C15H13Cl3N4O/c1-9-5-10(2)21-15(20-9)22(8-19)3-4-23-14-12(17)6-11(16)7-13(14)18/h5-7H,3-4H2,1-2H3. The largest absolute Gasteiger partial charge is 0.489 e. The molecule has 0 bridgehead atoms. The topological polar surface area (TPSA) is 62.0 Å². The van der Waals surface area contributed by atoms with Gasteiger partial charge in [0.1, 0.15) is 6.61 Å². The number of anilines is 1. The van der Waals surface area contributed by atoms with Gasteiger partial charge in [-0.2, -0.15) is 5.26 Å². The number of nitriles is 1. The molecule has 1 aromatic heterocycles. The molecule has 0 aliphatic rings. The van der Waals surface area contributed by atoms with E-state index < -0.39 is 0 Å². The van der Waals surface area contributed by atoms with Gasteiger partial charge in [-0.05, 0) is 32.0 Å². The van der Waals surface area contributed by atoms with Crippen molar-refractivity contribution in [2.45, 2.75) is 13.8 Å². The molecule has 0 saturated carbocycles. The second kappa shape index (κ2) is 7.69. The molecule has 2 rings (SSSR count). The van der Waals surface area contributed by atoms with E-state index >= 15 is 0 Å². The van der Waals surface area contributed by atoms with Crippen molar-refractivity contribution in [2.75, 3.05) is 18.1 Å². The van der Waals surface area contributed by atoms with Crippen molar-refractivity contribution in [2.24, 2.45) is 0 Å². The fraction of sp³-hybridized carbons (Fsp3) is 0.267. The number of aromatic nitrogens is 2. The number of rotatable bonds is 5. The summed E-state index contributed by atoms with van der Waals surface area (Å²) >= 11 is 17.9. The highest BCUT2D eigenvalue weighted by Crippen LogP contribution is 2.35. The number of ether oxygens (including phenoxy) is 1. The van der Waals surface area contributed by atoms with Crippen molar-refractivity contribution in [3.63, 3.8) is 0 Å². The van der Waals surface area contributed by atoms with Gasteiger partial charge in [0.15, 0.2) is 11.9 Å². The van der Waals surface area contributed by atoms with E-state index in [2.05, 4.69) is 9.97 Å². The predicted octanol–water partition coefficient (Wildman–Crippen LogP) is 4.42. The third-order valence-electron chi connectivity index (χ3n) is 2.86. The van der Waals surface area contributed by atoms with Gasteiger partial charge < -0.3 is 4.74 Å². The molecule has 0 spiro atoms. The molecule has 1 heterocycles. The van der Waals surface area contributed by atoms with E-state index in [-0.39, 0.29) is 13.2 Å². The van der Waals surface area contributed by atoms with Crippen LogP contribution in [-0.4, -0.2) is 23.1 Å². The Labute approximate surface area is 149 Å². The van der Waals surface area contributed by atoms with Gasteiger partial charge in [-0.25, -0.2) is 14.9 Å². The average Bonchev–Trinajstić information content (AvgIpc) is 2.44. The molecule has 120 valence electrons. The normalized spacial score (nSPS) is 10.3. The molecule has 2 aromatic rings. The van der Waals surface area contributed by atoms with Gasteiger partial charge in [-0.1, -0.05) is 34.8 Å². The molecule has 0 N–H and O–H groups in total. The molecule has 8 heteroatoms. The first-order valence-electron chi connectivity index (χ1n) is 6.67. The van der Waals surface area contributed by atoms with E-state index in [1.807, 2.05) is 26.1 Å². The van der Waals surface area contributed by atoms with Gasteiger partial charge >= 0.3 is 0 Å². The van der Waals surface area contributed by atoms with Crippen LogP contribution in [0.25, 0.3) is 0 Å². The molecule has 0 radical (unpaired) electrons. The summed E-state index contributed by atoms with van der Waals surface area (Å²) < 4.78 is 5.57. The Morgan fingerprint density at radius 2 is 1.65 bits per heavy atom. The molecule has 23 heavy (non-hydrogen) atoms. The minimum absolute atomic E-state index is 0.185. The maximum absolute atomic E-state index is 9.27.